The van der Waals surface area contributed by atoms with Gasteiger partial charge in [-0.15, -0.1) is 0 Å². The molecule has 148 valence electrons. The third-order valence-corrected chi connectivity index (χ3v) is 5.78. The number of rotatable bonds is 3. The van der Waals surface area contributed by atoms with Crippen molar-refractivity contribution in [3.63, 3.8) is 0 Å². The molecule has 2 fully saturated rings. The third kappa shape index (κ3) is 4.45. The molecule has 3 rings (SSSR count). The SMILES string of the molecule is CCN1CC2(CCCN(C(=O)Cc3ccc(C(F)(F)F)cc3)C2)CCC1=O. The fourth-order valence-corrected chi connectivity index (χ4v) is 4.24. The van der Waals surface area contributed by atoms with Crippen molar-refractivity contribution in [3.8, 4) is 0 Å². The molecule has 0 N–H and O–H groups in total. The summed E-state index contributed by atoms with van der Waals surface area (Å²) in [7, 11) is 0. The second-order valence-corrected chi connectivity index (χ2v) is 7.70. The molecule has 0 bridgehead atoms. The number of halogens is 3. The van der Waals surface area contributed by atoms with Gasteiger partial charge in [0.15, 0.2) is 0 Å². The molecule has 7 heteroatoms. The molecule has 2 amide bonds. The molecular weight excluding hydrogens is 357 g/mol. The molecule has 1 aromatic rings. The lowest BCUT2D eigenvalue weighted by Gasteiger charge is -2.48. The monoisotopic (exact) mass is 382 g/mol. The van der Waals surface area contributed by atoms with Gasteiger partial charge in [-0.3, -0.25) is 9.59 Å². The topological polar surface area (TPSA) is 40.6 Å². The first-order chi connectivity index (χ1) is 12.7. The maximum Gasteiger partial charge on any atom is 0.416 e. The number of hydrogen-bond acceptors (Lipinski definition) is 2. The third-order valence-electron chi connectivity index (χ3n) is 5.78. The van der Waals surface area contributed by atoms with Gasteiger partial charge in [-0.1, -0.05) is 12.1 Å². The zero-order valence-electron chi connectivity index (χ0n) is 15.5. The van der Waals surface area contributed by atoms with E-state index in [4.69, 9.17) is 0 Å². The van der Waals surface area contributed by atoms with Crippen LogP contribution in [0.3, 0.4) is 0 Å². The molecule has 0 aliphatic carbocycles. The van der Waals surface area contributed by atoms with Gasteiger partial charge in [0.2, 0.25) is 11.8 Å². The van der Waals surface area contributed by atoms with E-state index in [9.17, 15) is 22.8 Å². The molecule has 0 radical (unpaired) electrons. The van der Waals surface area contributed by atoms with E-state index in [1.54, 1.807) is 0 Å². The van der Waals surface area contributed by atoms with Crippen LogP contribution in [0.25, 0.3) is 0 Å². The van der Waals surface area contributed by atoms with Gasteiger partial charge in [0.1, 0.15) is 0 Å². The standard InChI is InChI=1S/C20H25F3N2O2/c1-2-24-13-19(10-8-17(24)26)9-3-11-25(14-19)18(27)12-15-4-6-16(7-5-15)20(21,22)23/h4-7H,2-3,8-14H2,1H3. The Morgan fingerprint density at radius 1 is 1.15 bits per heavy atom. The van der Waals surface area contributed by atoms with Crippen molar-refractivity contribution in [2.45, 2.75) is 45.2 Å². The molecule has 0 saturated carbocycles. The van der Waals surface area contributed by atoms with Crippen LogP contribution in [0.4, 0.5) is 13.2 Å². The van der Waals surface area contributed by atoms with Crippen LogP contribution in [0.1, 0.15) is 43.7 Å². The maximum absolute atomic E-state index is 12.7. The molecule has 2 aliphatic heterocycles. The van der Waals surface area contributed by atoms with Crippen molar-refractivity contribution < 1.29 is 22.8 Å². The smallest absolute Gasteiger partial charge is 0.342 e. The Morgan fingerprint density at radius 3 is 2.48 bits per heavy atom. The summed E-state index contributed by atoms with van der Waals surface area (Å²) in [6, 6.07) is 4.79. The van der Waals surface area contributed by atoms with E-state index >= 15 is 0 Å². The second-order valence-electron chi connectivity index (χ2n) is 7.70. The summed E-state index contributed by atoms with van der Waals surface area (Å²) in [6.07, 6.45) is -1.05. The summed E-state index contributed by atoms with van der Waals surface area (Å²) < 4.78 is 38.0. The number of nitrogens with zero attached hydrogens (tertiary/aromatic N) is 2. The first-order valence-corrected chi connectivity index (χ1v) is 9.44. The molecule has 2 saturated heterocycles. The van der Waals surface area contributed by atoms with Crippen LogP contribution in [0.15, 0.2) is 24.3 Å². The van der Waals surface area contributed by atoms with Crippen molar-refractivity contribution >= 4 is 11.8 Å². The van der Waals surface area contributed by atoms with Gasteiger partial charge in [0.25, 0.3) is 0 Å². The molecule has 2 heterocycles. The van der Waals surface area contributed by atoms with Gasteiger partial charge in [-0.25, -0.2) is 0 Å². The highest BCUT2D eigenvalue weighted by Crippen LogP contribution is 2.39. The van der Waals surface area contributed by atoms with E-state index in [0.717, 1.165) is 31.4 Å². The van der Waals surface area contributed by atoms with Gasteiger partial charge < -0.3 is 9.80 Å². The molecule has 2 aliphatic rings. The molecule has 1 aromatic carbocycles. The van der Waals surface area contributed by atoms with Gasteiger partial charge in [-0.2, -0.15) is 13.2 Å². The maximum atomic E-state index is 12.7. The number of benzene rings is 1. The van der Waals surface area contributed by atoms with Crippen molar-refractivity contribution in [2.24, 2.45) is 5.41 Å². The Kier molecular flexibility index (Phi) is 5.49. The summed E-state index contributed by atoms with van der Waals surface area (Å²) in [6.45, 7) is 4.62. The molecular formula is C20H25F3N2O2. The van der Waals surface area contributed by atoms with Gasteiger partial charge >= 0.3 is 6.18 Å². The first-order valence-electron chi connectivity index (χ1n) is 9.44. The molecule has 1 unspecified atom stereocenters. The fourth-order valence-electron chi connectivity index (χ4n) is 4.24. The minimum absolute atomic E-state index is 0.0437. The zero-order valence-corrected chi connectivity index (χ0v) is 15.5. The first kappa shape index (κ1) is 19.7. The van der Waals surface area contributed by atoms with E-state index in [2.05, 4.69) is 0 Å². The summed E-state index contributed by atoms with van der Waals surface area (Å²) in [5.41, 5.74) is -0.165. The van der Waals surface area contributed by atoms with Crippen LogP contribution in [-0.2, 0) is 22.2 Å². The predicted molar refractivity (Wildman–Crippen MR) is 94.9 cm³/mol. The highest BCUT2D eigenvalue weighted by atomic mass is 19.4. The predicted octanol–water partition coefficient (Wildman–Crippen LogP) is 3.50. The Bertz CT molecular complexity index is 702. The molecule has 4 nitrogen and oxygen atoms in total. The van der Waals surface area contributed by atoms with E-state index in [1.807, 2.05) is 16.7 Å². The number of carbonyl (C=O) groups is 2. The van der Waals surface area contributed by atoms with Crippen molar-refractivity contribution in [2.75, 3.05) is 26.2 Å². The normalized spacial score (nSPS) is 23.8. The van der Waals surface area contributed by atoms with E-state index < -0.39 is 11.7 Å². The van der Waals surface area contributed by atoms with Crippen LogP contribution in [-0.4, -0.2) is 47.8 Å². The van der Waals surface area contributed by atoms with Crippen molar-refractivity contribution in [1.29, 1.82) is 0 Å². The minimum Gasteiger partial charge on any atom is -0.342 e. The molecule has 27 heavy (non-hydrogen) atoms. The van der Waals surface area contributed by atoms with Gasteiger partial charge in [0, 0.05) is 38.0 Å². The number of piperidine rings is 2. The summed E-state index contributed by atoms with van der Waals surface area (Å²) in [5.74, 6) is 0.116. The fraction of sp³-hybridized carbons (Fsp3) is 0.600. The zero-order chi connectivity index (χ0) is 19.7. The summed E-state index contributed by atoms with van der Waals surface area (Å²) >= 11 is 0. The minimum atomic E-state index is -4.37. The van der Waals surface area contributed by atoms with E-state index in [-0.39, 0.29) is 23.7 Å². The highest BCUT2D eigenvalue weighted by molar-refractivity contribution is 5.79. The number of hydrogen-bond donors (Lipinski definition) is 0. The number of likely N-dealkylation sites (tertiary alicyclic amines) is 2. The van der Waals surface area contributed by atoms with Crippen LogP contribution in [0.2, 0.25) is 0 Å². The lowest BCUT2D eigenvalue weighted by atomic mass is 9.73. The Morgan fingerprint density at radius 2 is 1.85 bits per heavy atom. The van der Waals surface area contributed by atoms with E-state index in [0.29, 0.717) is 38.2 Å². The van der Waals surface area contributed by atoms with Gasteiger partial charge in [0.05, 0.1) is 12.0 Å². The Balaban J connectivity index is 1.64. The van der Waals surface area contributed by atoms with Crippen molar-refractivity contribution in [3.05, 3.63) is 35.4 Å². The summed E-state index contributed by atoms with van der Waals surface area (Å²) in [4.78, 5) is 28.4. The largest absolute Gasteiger partial charge is 0.416 e. The van der Waals surface area contributed by atoms with Crippen LogP contribution < -0.4 is 0 Å². The molecule has 1 spiro atoms. The number of amides is 2. The Labute approximate surface area is 157 Å². The van der Waals surface area contributed by atoms with Crippen molar-refractivity contribution in [1.82, 2.24) is 9.80 Å². The average Bonchev–Trinajstić information content (AvgIpc) is 2.64. The number of alkyl halides is 3. The summed E-state index contributed by atoms with van der Waals surface area (Å²) in [5, 5.41) is 0. The van der Waals surface area contributed by atoms with Crippen LogP contribution in [0.5, 0.6) is 0 Å². The average molecular weight is 382 g/mol. The Hall–Kier alpha value is -2.05. The van der Waals surface area contributed by atoms with Crippen LogP contribution in [0, 0.1) is 5.41 Å². The molecule has 1 atom stereocenters. The van der Waals surface area contributed by atoms with Gasteiger partial charge in [-0.05, 0) is 43.9 Å². The number of carbonyl (C=O) groups excluding carboxylic acids is 2. The highest BCUT2D eigenvalue weighted by Gasteiger charge is 2.42. The molecule has 0 aromatic heterocycles. The van der Waals surface area contributed by atoms with E-state index in [1.165, 1.54) is 12.1 Å². The lowest BCUT2D eigenvalue weighted by molar-refractivity contribution is -0.142. The van der Waals surface area contributed by atoms with Crippen LogP contribution >= 0.6 is 0 Å². The second kappa shape index (κ2) is 7.52. The quantitative estimate of drug-likeness (QED) is 0.803. The lowest BCUT2D eigenvalue weighted by Crippen LogP contribution is -2.55.